The average molecular weight is 393 g/mol. The van der Waals surface area contributed by atoms with E-state index in [1.165, 1.54) is 23.9 Å². The summed E-state index contributed by atoms with van der Waals surface area (Å²) in [6, 6.07) is 6.18. The van der Waals surface area contributed by atoms with Crippen molar-refractivity contribution in [1.29, 1.82) is 0 Å². The van der Waals surface area contributed by atoms with Crippen molar-refractivity contribution in [2.75, 3.05) is 44.0 Å². The van der Waals surface area contributed by atoms with Crippen LogP contribution in [0.4, 0.5) is 10.3 Å². The van der Waals surface area contributed by atoms with Crippen LogP contribution in [0.1, 0.15) is 12.5 Å². The lowest BCUT2D eigenvalue weighted by atomic mass is 10.2. The van der Waals surface area contributed by atoms with Crippen molar-refractivity contribution in [3.05, 3.63) is 35.6 Å². The predicted molar refractivity (Wildman–Crippen MR) is 102 cm³/mol. The minimum Gasteiger partial charge on any atom is -0.378 e. The quantitative estimate of drug-likeness (QED) is 0.671. The van der Waals surface area contributed by atoms with Gasteiger partial charge in [0.15, 0.2) is 5.16 Å². The molecule has 0 aliphatic carbocycles. The number of aromatic nitrogens is 3. The van der Waals surface area contributed by atoms with Crippen molar-refractivity contribution in [3.8, 4) is 0 Å². The van der Waals surface area contributed by atoms with Gasteiger partial charge < -0.3 is 14.5 Å². The smallest absolute Gasteiger partial charge is 0.233 e. The fraction of sp³-hybridized carbons (Fsp3) is 0.500. The van der Waals surface area contributed by atoms with Crippen molar-refractivity contribution >= 4 is 23.6 Å². The van der Waals surface area contributed by atoms with Crippen LogP contribution in [0.2, 0.25) is 0 Å². The first kappa shape index (κ1) is 19.6. The second kappa shape index (κ2) is 9.18. The molecule has 9 heteroatoms. The molecule has 0 unspecified atom stereocenters. The third kappa shape index (κ3) is 4.98. The molecule has 0 N–H and O–H groups in total. The Labute approximate surface area is 162 Å². The zero-order valence-electron chi connectivity index (χ0n) is 15.6. The van der Waals surface area contributed by atoms with Gasteiger partial charge in [-0.15, -0.1) is 10.2 Å². The molecule has 1 aromatic heterocycles. The Balaban J connectivity index is 1.57. The summed E-state index contributed by atoms with van der Waals surface area (Å²) >= 11 is 1.39. The van der Waals surface area contributed by atoms with Crippen LogP contribution in [0.5, 0.6) is 0 Å². The van der Waals surface area contributed by atoms with Gasteiger partial charge in [-0.1, -0.05) is 23.9 Å². The van der Waals surface area contributed by atoms with Gasteiger partial charge in [-0.25, -0.2) is 4.39 Å². The Morgan fingerprint density at radius 3 is 2.63 bits per heavy atom. The summed E-state index contributed by atoms with van der Waals surface area (Å²) in [5.41, 5.74) is 0.892. The normalized spacial score (nSPS) is 14.4. The molecule has 0 saturated carbocycles. The summed E-state index contributed by atoms with van der Waals surface area (Å²) < 4.78 is 20.4. The number of morpholine rings is 1. The number of hydrogen-bond acceptors (Lipinski definition) is 6. The Morgan fingerprint density at radius 2 is 1.96 bits per heavy atom. The number of benzene rings is 1. The van der Waals surface area contributed by atoms with Gasteiger partial charge in [-0.3, -0.25) is 9.36 Å². The van der Waals surface area contributed by atoms with E-state index in [2.05, 4.69) is 15.1 Å². The summed E-state index contributed by atoms with van der Waals surface area (Å²) in [5.74, 6) is 0.815. The summed E-state index contributed by atoms with van der Waals surface area (Å²) in [6.45, 7) is 6.18. The monoisotopic (exact) mass is 393 g/mol. The SMILES string of the molecule is CCn1c(SCC(=O)N(C)Cc2ccc(F)cc2)nnc1N1CCOCC1. The van der Waals surface area contributed by atoms with E-state index in [0.29, 0.717) is 19.8 Å². The first-order valence-electron chi connectivity index (χ1n) is 8.95. The number of halogens is 1. The topological polar surface area (TPSA) is 63.5 Å². The molecule has 2 aromatic rings. The van der Waals surface area contributed by atoms with E-state index < -0.39 is 0 Å². The van der Waals surface area contributed by atoms with Crippen LogP contribution in [0.25, 0.3) is 0 Å². The highest BCUT2D eigenvalue weighted by molar-refractivity contribution is 7.99. The average Bonchev–Trinajstić information content (AvgIpc) is 3.11. The minimum absolute atomic E-state index is 0.0112. The Hall–Kier alpha value is -2.13. The first-order valence-corrected chi connectivity index (χ1v) is 9.94. The van der Waals surface area contributed by atoms with E-state index in [9.17, 15) is 9.18 Å². The number of anilines is 1. The van der Waals surface area contributed by atoms with E-state index >= 15 is 0 Å². The van der Waals surface area contributed by atoms with Crippen LogP contribution in [0, 0.1) is 5.82 Å². The molecule has 0 atom stereocenters. The van der Waals surface area contributed by atoms with Crippen LogP contribution in [0.3, 0.4) is 0 Å². The molecule has 7 nitrogen and oxygen atoms in total. The predicted octanol–water partition coefficient (Wildman–Crippen LogP) is 2.02. The number of thioether (sulfide) groups is 1. The fourth-order valence-corrected chi connectivity index (χ4v) is 3.79. The number of amides is 1. The van der Waals surface area contributed by atoms with Gasteiger partial charge in [0.2, 0.25) is 11.9 Å². The number of ether oxygens (including phenoxy) is 1. The molecule has 0 bridgehead atoms. The van der Waals surface area contributed by atoms with E-state index in [1.54, 1.807) is 24.1 Å². The highest BCUT2D eigenvalue weighted by Crippen LogP contribution is 2.23. The first-order chi connectivity index (χ1) is 13.1. The zero-order chi connectivity index (χ0) is 19.2. The molecule has 1 amide bonds. The Kier molecular flexibility index (Phi) is 6.68. The molecule has 1 fully saturated rings. The third-order valence-corrected chi connectivity index (χ3v) is 5.34. The number of rotatable bonds is 7. The molecule has 3 rings (SSSR count). The van der Waals surface area contributed by atoms with Crippen LogP contribution >= 0.6 is 11.8 Å². The van der Waals surface area contributed by atoms with Crippen molar-refractivity contribution in [1.82, 2.24) is 19.7 Å². The largest absolute Gasteiger partial charge is 0.378 e. The van der Waals surface area contributed by atoms with Gasteiger partial charge >= 0.3 is 0 Å². The molecule has 0 spiro atoms. The molecular weight excluding hydrogens is 369 g/mol. The lowest BCUT2D eigenvalue weighted by molar-refractivity contribution is -0.127. The lowest BCUT2D eigenvalue weighted by Crippen LogP contribution is -2.38. The molecule has 1 saturated heterocycles. The molecule has 1 aromatic carbocycles. The van der Waals surface area contributed by atoms with Crippen molar-refractivity contribution in [2.24, 2.45) is 0 Å². The lowest BCUT2D eigenvalue weighted by Gasteiger charge is -2.27. The molecule has 0 radical (unpaired) electrons. The number of carbonyl (C=O) groups is 1. The summed E-state index contributed by atoms with van der Waals surface area (Å²) in [5, 5.41) is 9.32. The van der Waals surface area contributed by atoms with Gasteiger partial charge in [0.05, 0.1) is 19.0 Å². The maximum absolute atomic E-state index is 13.0. The van der Waals surface area contributed by atoms with E-state index in [4.69, 9.17) is 4.74 Å². The molecule has 27 heavy (non-hydrogen) atoms. The van der Waals surface area contributed by atoms with Crippen LogP contribution in [-0.2, 0) is 22.6 Å². The highest BCUT2D eigenvalue weighted by Gasteiger charge is 2.20. The molecule has 1 aliphatic rings. The number of carbonyl (C=O) groups excluding carboxylic acids is 1. The Morgan fingerprint density at radius 1 is 1.26 bits per heavy atom. The number of hydrogen-bond donors (Lipinski definition) is 0. The van der Waals surface area contributed by atoms with Gasteiger partial charge in [0, 0.05) is 33.2 Å². The fourth-order valence-electron chi connectivity index (χ4n) is 2.85. The second-order valence-electron chi connectivity index (χ2n) is 6.29. The van der Waals surface area contributed by atoms with Crippen molar-refractivity contribution in [3.63, 3.8) is 0 Å². The molecular formula is C18H24FN5O2S. The summed E-state index contributed by atoms with van der Waals surface area (Å²) in [4.78, 5) is 16.2. The summed E-state index contributed by atoms with van der Waals surface area (Å²) in [6.07, 6.45) is 0. The second-order valence-corrected chi connectivity index (χ2v) is 7.23. The van der Waals surface area contributed by atoms with Crippen LogP contribution in [-0.4, -0.2) is 64.7 Å². The third-order valence-electron chi connectivity index (χ3n) is 4.39. The van der Waals surface area contributed by atoms with Gasteiger partial charge in [-0.2, -0.15) is 0 Å². The van der Waals surface area contributed by atoms with Crippen LogP contribution < -0.4 is 4.90 Å². The van der Waals surface area contributed by atoms with Gasteiger partial charge in [0.25, 0.3) is 0 Å². The van der Waals surface area contributed by atoms with Gasteiger partial charge in [0.1, 0.15) is 5.82 Å². The maximum atomic E-state index is 13.0. The van der Waals surface area contributed by atoms with E-state index in [-0.39, 0.29) is 17.5 Å². The minimum atomic E-state index is -0.279. The summed E-state index contributed by atoms with van der Waals surface area (Å²) in [7, 11) is 1.75. The molecule has 146 valence electrons. The van der Waals surface area contributed by atoms with Gasteiger partial charge in [-0.05, 0) is 24.6 Å². The van der Waals surface area contributed by atoms with E-state index in [0.717, 1.165) is 36.3 Å². The number of nitrogens with zero attached hydrogens (tertiary/aromatic N) is 5. The molecule has 2 heterocycles. The maximum Gasteiger partial charge on any atom is 0.233 e. The van der Waals surface area contributed by atoms with E-state index in [1.807, 2.05) is 11.5 Å². The van der Waals surface area contributed by atoms with Crippen LogP contribution in [0.15, 0.2) is 29.4 Å². The standard InChI is InChI=1S/C18H24FN5O2S/c1-3-24-17(23-8-10-26-11-9-23)20-21-18(24)27-13-16(25)22(2)12-14-4-6-15(19)7-5-14/h4-7H,3,8-13H2,1-2H3. The zero-order valence-corrected chi connectivity index (χ0v) is 16.4. The Bertz CT molecular complexity index is 762. The van der Waals surface area contributed by atoms with Crippen molar-refractivity contribution in [2.45, 2.75) is 25.2 Å². The highest BCUT2D eigenvalue weighted by atomic mass is 32.2. The molecule has 1 aliphatic heterocycles. The van der Waals surface area contributed by atoms with Crippen molar-refractivity contribution < 1.29 is 13.9 Å².